The molecule has 1 N–H and O–H groups in total. The van der Waals surface area contributed by atoms with E-state index in [4.69, 9.17) is 20.8 Å². The molecular formula is C16H14ClN3O3. The molecule has 0 atom stereocenters. The highest BCUT2D eigenvalue weighted by atomic mass is 35.5. The highest BCUT2D eigenvalue weighted by Crippen LogP contribution is 2.31. The third kappa shape index (κ3) is 2.85. The van der Waals surface area contributed by atoms with Gasteiger partial charge in [0.15, 0.2) is 11.3 Å². The second-order valence-corrected chi connectivity index (χ2v) is 5.20. The van der Waals surface area contributed by atoms with Crippen molar-refractivity contribution in [2.75, 3.05) is 12.4 Å². The Labute approximate surface area is 137 Å². The Morgan fingerprint density at radius 1 is 1.43 bits per heavy atom. The van der Waals surface area contributed by atoms with Crippen LogP contribution in [0.5, 0.6) is 5.75 Å². The molecule has 0 saturated heterocycles. The van der Waals surface area contributed by atoms with Crippen LogP contribution in [0.2, 0.25) is 5.02 Å². The van der Waals surface area contributed by atoms with Gasteiger partial charge in [0.05, 0.1) is 29.4 Å². The van der Waals surface area contributed by atoms with Gasteiger partial charge in [-0.15, -0.1) is 0 Å². The maximum absolute atomic E-state index is 12.5. The van der Waals surface area contributed by atoms with E-state index >= 15 is 0 Å². The van der Waals surface area contributed by atoms with Gasteiger partial charge in [0.25, 0.3) is 5.91 Å². The lowest BCUT2D eigenvalue weighted by Crippen LogP contribution is -2.14. The zero-order chi connectivity index (χ0) is 16.4. The largest absolute Gasteiger partial charge is 0.491 e. The Morgan fingerprint density at radius 2 is 2.26 bits per heavy atom. The maximum atomic E-state index is 12.5. The third-order valence-corrected chi connectivity index (χ3v) is 3.68. The van der Waals surface area contributed by atoms with Crippen LogP contribution in [0.1, 0.15) is 23.2 Å². The highest BCUT2D eigenvalue weighted by Gasteiger charge is 2.19. The maximum Gasteiger partial charge on any atom is 0.275 e. The van der Waals surface area contributed by atoms with Crippen LogP contribution >= 0.6 is 11.6 Å². The molecule has 6 nitrogen and oxygen atoms in total. The van der Waals surface area contributed by atoms with Crippen LogP contribution < -0.4 is 10.1 Å². The van der Waals surface area contributed by atoms with Crippen molar-refractivity contribution >= 4 is 34.2 Å². The summed E-state index contributed by atoms with van der Waals surface area (Å²) in [5.74, 6) is 0.856. The molecule has 3 heterocycles. The second-order valence-electron chi connectivity index (χ2n) is 4.79. The first kappa shape index (κ1) is 15.3. The van der Waals surface area contributed by atoms with Gasteiger partial charge >= 0.3 is 0 Å². The number of fused-ring (bicyclic) bond motifs is 1. The molecule has 7 heteroatoms. The summed E-state index contributed by atoms with van der Waals surface area (Å²) in [5, 5.41) is 3.68. The predicted molar refractivity (Wildman–Crippen MR) is 87.1 cm³/mol. The first-order valence-electron chi connectivity index (χ1n) is 7.00. The first-order valence-corrected chi connectivity index (χ1v) is 7.38. The van der Waals surface area contributed by atoms with Crippen molar-refractivity contribution in [3.63, 3.8) is 0 Å². The fourth-order valence-corrected chi connectivity index (χ4v) is 2.38. The molecule has 0 spiro atoms. The molecule has 0 fully saturated rings. The number of nitrogens with one attached hydrogen (secondary N) is 1. The van der Waals surface area contributed by atoms with Crippen molar-refractivity contribution in [1.82, 2.24) is 9.97 Å². The van der Waals surface area contributed by atoms with Crippen LogP contribution in [-0.2, 0) is 6.42 Å². The Hall–Kier alpha value is -2.60. The lowest BCUT2D eigenvalue weighted by Gasteiger charge is -2.07. The molecule has 118 valence electrons. The van der Waals surface area contributed by atoms with Crippen molar-refractivity contribution in [2.45, 2.75) is 13.3 Å². The normalized spacial score (nSPS) is 10.7. The van der Waals surface area contributed by atoms with Crippen LogP contribution in [0.3, 0.4) is 0 Å². The van der Waals surface area contributed by atoms with Crippen molar-refractivity contribution < 1.29 is 13.9 Å². The van der Waals surface area contributed by atoms with Gasteiger partial charge in [0, 0.05) is 18.8 Å². The number of amides is 1. The Morgan fingerprint density at radius 3 is 2.96 bits per heavy atom. The van der Waals surface area contributed by atoms with Gasteiger partial charge in [-0.25, -0.2) is 4.98 Å². The van der Waals surface area contributed by atoms with Gasteiger partial charge in [-0.05, 0) is 12.1 Å². The number of hydrogen-bond acceptors (Lipinski definition) is 5. The average Bonchev–Trinajstić information content (AvgIpc) is 3.00. The highest BCUT2D eigenvalue weighted by molar-refractivity contribution is 6.33. The van der Waals surface area contributed by atoms with E-state index in [0.717, 1.165) is 5.76 Å². The number of furan rings is 1. The number of anilines is 1. The number of nitrogens with zero attached hydrogens (tertiary/aromatic N) is 2. The minimum Gasteiger partial charge on any atom is -0.491 e. The molecule has 0 aromatic carbocycles. The molecular weight excluding hydrogens is 318 g/mol. The average molecular weight is 332 g/mol. The van der Waals surface area contributed by atoms with Crippen LogP contribution in [-0.4, -0.2) is 23.0 Å². The number of rotatable bonds is 4. The minimum atomic E-state index is -0.380. The summed E-state index contributed by atoms with van der Waals surface area (Å²) in [6, 6.07) is 3.42. The van der Waals surface area contributed by atoms with E-state index in [1.807, 2.05) is 6.92 Å². The molecule has 1 amide bonds. The summed E-state index contributed by atoms with van der Waals surface area (Å²) < 4.78 is 11.0. The Kier molecular flexibility index (Phi) is 4.16. The molecule has 0 saturated carbocycles. The molecule has 3 aromatic rings. The molecule has 0 aliphatic carbocycles. The van der Waals surface area contributed by atoms with E-state index in [2.05, 4.69) is 15.3 Å². The van der Waals surface area contributed by atoms with Crippen LogP contribution in [0, 0.1) is 0 Å². The van der Waals surface area contributed by atoms with Gasteiger partial charge in [0.2, 0.25) is 0 Å². The van der Waals surface area contributed by atoms with Crippen molar-refractivity contribution in [3.8, 4) is 5.75 Å². The van der Waals surface area contributed by atoms with Crippen molar-refractivity contribution in [2.24, 2.45) is 0 Å². The molecule has 0 aliphatic rings. The molecule has 0 radical (unpaired) electrons. The smallest absolute Gasteiger partial charge is 0.275 e. The number of carbonyl (C=O) groups excluding carboxylic acids is 1. The number of pyridine rings is 2. The molecule has 3 rings (SSSR count). The van der Waals surface area contributed by atoms with E-state index in [1.54, 1.807) is 18.3 Å². The number of carbonyl (C=O) groups is 1. The quantitative estimate of drug-likeness (QED) is 0.788. The summed E-state index contributed by atoms with van der Waals surface area (Å²) in [4.78, 5) is 20.6. The van der Waals surface area contributed by atoms with Gasteiger partial charge in [0.1, 0.15) is 11.5 Å². The first-order chi connectivity index (χ1) is 11.1. The van der Waals surface area contributed by atoms with Gasteiger partial charge in [-0.2, -0.15) is 0 Å². The van der Waals surface area contributed by atoms with E-state index in [1.165, 1.54) is 19.5 Å². The van der Waals surface area contributed by atoms with Crippen molar-refractivity contribution in [1.29, 1.82) is 0 Å². The second kappa shape index (κ2) is 6.26. The summed E-state index contributed by atoms with van der Waals surface area (Å²) in [5.41, 5.74) is 1.22. The fraction of sp³-hybridized carbons (Fsp3) is 0.188. The number of ether oxygens (including phenoxy) is 1. The van der Waals surface area contributed by atoms with Crippen LogP contribution in [0.25, 0.3) is 11.0 Å². The molecule has 23 heavy (non-hydrogen) atoms. The molecule has 0 unspecified atom stereocenters. The van der Waals surface area contributed by atoms with E-state index in [0.29, 0.717) is 33.8 Å². The topological polar surface area (TPSA) is 77.2 Å². The number of hydrogen-bond donors (Lipinski definition) is 1. The number of methoxy groups -OCH3 is 1. The Bertz CT molecular complexity index is 876. The lowest BCUT2D eigenvalue weighted by molar-refractivity contribution is 0.102. The third-order valence-electron chi connectivity index (χ3n) is 3.38. The van der Waals surface area contributed by atoms with E-state index < -0.39 is 0 Å². The van der Waals surface area contributed by atoms with Crippen LogP contribution in [0.4, 0.5) is 5.69 Å². The molecule has 3 aromatic heterocycles. The summed E-state index contributed by atoms with van der Waals surface area (Å²) >= 11 is 6.01. The molecule has 0 bridgehead atoms. The summed E-state index contributed by atoms with van der Waals surface area (Å²) in [6.45, 7) is 1.97. The SMILES string of the molecule is CCc1cc2c(C(=O)Nc3ccncc3Cl)ncc(OC)c2o1. The lowest BCUT2D eigenvalue weighted by atomic mass is 10.2. The number of aromatic nitrogens is 2. The van der Waals surface area contributed by atoms with Crippen molar-refractivity contribution in [3.05, 3.63) is 47.2 Å². The van der Waals surface area contributed by atoms with E-state index in [-0.39, 0.29) is 11.6 Å². The van der Waals surface area contributed by atoms with Gasteiger partial charge < -0.3 is 14.5 Å². The van der Waals surface area contributed by atoms with Crippen LogP contribution in [0.15, 0.2) is 35.1 Å². The monoisotopic (exact) mass is 331 g/mol. The number of halogens is 1. The zero-order valence-electron chi connectivity index (χ0n) is 12.6. The minimum absolute atomic E-state index is 0.247. The fourth-order valence-electron chi connectivity index (χ4n) is 2.21. The van der Waals surface area contributed by atoms with Gasteiger partial charge in [-0.3, -0.25) is 9.78 Å². The van der Waals surface area contributed by atoms with E-state index in [9.17, 15) is 4.79 Å². The predicted octanol–water partition coefficient (Wildman–Crippen LogP) is 3.70. The zero-order valence-corrected chi connectivity index (χ0v) is 13.3. The summed E-state index contributed by atoms with van der Waals surface area (Å²) in [7, 11) is 1.53. The standard InChI is InChI=1S/C16H14ClN3O3/c1-3-9-6-10-14(19-8-13(22-2)15(10)23-9)16(21)20-12-4-5-18-7-11(12)17/h4-8H,3H2,1-2H3,(H,18,20,21). The van der Waals surface area contributed by atoms with Gasteiger partial charge in [-0.1, -0.05) is 18.5 Å². The molecule has 0 aliphatic heterocycles. The Balaban J connectivity index is 2.04. The number of aryl methyl sites for hydroxylation is 1. The summed E-state index contributed by atoms with van der Waals surface area (Å²) in [6.07, 6.45) is 5.18.